The van der Waals surface area contributed by atoms with Gasteiger partial charge in [-0.3, -0.25) is 19.3 Å². The van der Waals surface area contributed by atoms with Gasteiger partial charge in [-0.2, -0.15) is 0 Å². The Labute approximate surface area is 142 Å². The van der Waals surface area contributed by atoms with Crippen LogP contribution in [0.2, 0.25) is 0 Å². The van der Waals surface area contributed by atoms with E-state index in [4.69, 9.17) is 0 Å². The van der Waals surface area contributed by atoms with Crippen molar-refractivity contribution in [3.8, 4) is 0 Å². The van der Waals surface area contributed by atoms with Gasteiger partial charge in [0.05, 0.1) is 0 Å². The van der Waals surface area contributed by atoms with Gasteiger partial charge in [0.2, 0.25) is 6.41 Å². The number of carbonyl (C=O) groups is 3. The van der Waals surface area contributed by atoms with Crippen molar-refractivity contribution in [2.24, 2.45) is 0 Å². The van der Waals surface area contributed by atoms with Crippen molar-refractivity contribution in [3.63, 3.8) is 0 Å². The highest BCUT2D eigenvalue weighted by molar-refractivity contribution is 6.35. The van der Waals surface area contributed by atoms with E-state index in [9.17, 15) is 14.4 Å². The lowest BCUT2D eigenvalue weighted by Gasteiger charge is -2.34. The van der Waals surface area contributed by atoms with Crippen LogP contribution >= 0.6 is 0 Å². The maximum atomic E-state index is 12.1. The lowest BCUT2D eigenvalue weighted by atomic mass is 10.2. The fourth-order valence-electron chi connectivity index (χ4n) is 2.62. The molecule has 1 aliphatic rings. The molecule has 2 N–H and O–H groups in total. The normalized spacial score (nSPS) is 14.9. The molecule has 1 saturated heterocycles. The zero-order chi connectivity index (χ0) is 17.2. The molecule has 0 saturated carbocycles. The number of hydrogen-bond acceptors (Lipinski definition) is 4. The molecule has 1 aromatic rings. The highest BCUT2D eigenvalue weighted by atomic mass is 16.2. The average molecular weight is 332 g/mol. The standard InChI is InChI=1S/C17H24N4O3/c22-14-18-7-4-8-19-16(23)17(24)21-11-9-20(10-12-21)13-15-5-2-1-3-6-15/h1-3,5-6,14H,4,7-13H2,(H,18,22)(H,19,23). The van der Waals surface area contributed by atoms with Gasteiger partial charge in [-0.25, -0.2) is 0 Å². The number of piperazine rings is 1. The molecule has 130 valence electrons. The average Bonchev–Trinajstić information content (AvgIpc) is 2.62. The monoisotopic (exact) mass is 332 g/mol. The van der Waals surface area contributed by atoms with Gasteiger partial charge < -0.3 is 15.5 Å². The Balaban J connectivity index is 1.68. The Morgan fingerprint density at radius 2 is 1.75 bits per heavy atom. The van der Waals surface area contributed by atoms with Crippen LogP contribution in [-0.4, -0.2) is 67.3 Å². The number of amides is 3. The molecule has 1 fully saturated rings. The summed E-state index contributed by atoms with van der Waals surface area (Å²) in [5, 5.41) is 5.10. The highest BCUT2D eigenvalue weighted by Crippen LogP contribution is 2.08. The van der Waals surface area contributed by atoms with Crippen LogP contribution in [0.3, 0.4) is 0 Å². The number of benzene rings is 1. The van der Waals surface area contributed by atoms with Crippen LogP contribution in [0.4, 0.5) is 0 Å². The second kappa shape index (κ2) is 9.67. The minimum absolute atomic E-state index is 0.374. The summed E-state index contributed by atoms with van der Waals surface area (Å²) in [4.78, 5) is 37.9. The van der Waals surface area contributed by atoms with Crippen LogP contribution in [0.1, 0.15) is 12.0 Å². The summed E-state index contributed by atoms with van der Waals surface area (Å²) in [6, 6.07) is 10.2. The molecule has 7 nitrogen and oxygen atoms in total. The van der Waals surface area contributed by atoms with Gasteiger partial charge in [-0.15, -0.1) is 0 Å². The van der Waals surface area contributed by atoms with Gasteiger partial charge in [0.1, 0.15) is 0 Å². The molecular weight excluding hydrogens is 308 g/mol. The predicted octanol–water partition coefficient (Wildman–Crippen LogP) is -0.417. The van der Waals surface area contributed by atoms with E-state index >= 15 is 0 Å². The van der Waals surface area contributed by atoms with Crippen molar-refractivity contribution in [1.82, 2.24) is 20.4 Å². The number of nitrogens with one attached hydrogen (secondary N) is 2. The Morgan fingerprint density at radius 3 is 2.42 bits per heavy atom. The van der Waals surface area contributed by atoms with E-state index in [0.29, 0.717) is 39.0 Å². The summed E-state index contributed by atoms with van der Waals surface area (Å²) in [6.07, 6.45) is 1.21. The highest BCUT2D eigenvalue weighted by Gasteiger charge is 2.25. The minimum atomic E-state index is -0.572. The molecular formula is C17H24N4O3. The lowest BCUT2D eigenvalue weighted by Crippen LogP contribution is -2.52. The molecule has 0 spiro atoms. The number of carbonyl (C=O) groups excluding carboxylic acids is 3. The van der Waals surface area contributed by atoms with Crippen LogP contribution in [0, 0.1) is 0 Å². The molecule has 1 aromatic carbocycles. The van der Waals surface area contributed by atoms with Crippen molar-refractivity contribution in [2.45, 2.75) is 13.0 Å². The third-order valence-corrected chi connectivity index (χ3v) is 3.97. The maximum Gasteiger partial charge on any atom is 0.311 e. The minimum Gasteiger partial charge on any atom is -0.359 e. The number of rotatable bonds is 7. The molecule has 2 rings (SSSR count). The van der Waals surface area contributed by atoms with E-state index in [1.54, 1.807) is 4.90 Å². The molecule has 0 aliphatic carbocycles. The van der Waals surface area contributed by atoms with Crippen LogP contribution in [0.15, 0.2) is 30.3 Å². The quantitative estimate of drug-likeness (QED) is 0.404. The first-order valence-electron chi connectivity index (χ1n) is 8.21. The van der Waals surface area contributed by atoms with Gasteiger partial charge in [0, 0.05) is 45.8 Å². The van der Waals surface area contributed by atoms with E-state index in [1.807, 2.05) is 18.2 Å². The number of nitrogens with zero attached hydrogens (tertiary/aromatic N) is 2. The Morgan fingerprint density at radius 1 is 1.04 bits per heavy atom. The molecule has 0 unspecified atom stereocenters. The molecule has 3 amide bonds. The van der Waals surface area contributed by atoms with Crippen LogP contribution in [0.25, 0.3) is 0 Å². The first-order chi connectivity index (χ1) is 11.7. The van der Waals surface area contributed by atoms with E-state index in [1.165, 1.54) is 5.56 Å². The van der Waals surface area contributed by atoms with Crippen LogP contribution in [0.5, 0.6) is 0 Å². The molecule has 0 atom stereocenters. The van der Waals surface area contributed by atoms with Gasteiger partial charge in [-0.05, 0) is 12.0 Å². The SMILES string of the molecule is O=CNCCCNC(=O)C(=O)N1CCN(Cc2ccccc2)CC1. The lowest BCUT2D eigenvalue weighted by molar-refractivity contribution is -0.147. The van der Waals surface area contributed by atoms with Gasteiger partial charge in [0.15, 0.2) is 0 Å². The molecule has 0 radical (unpaired) electrons. The van der Waals surface area contributed by atoms with Crippen LogP contribution < -0.4 is 10.6 Å². The summed E-state index contributed by atoms with van der Waals surface area (Å²) in [7, 11) is 0. The molecule has 1 aliphatic heterocycles. The third kappa shape index (κ3) is 5.66. The van der Waals surface area contributed by atoms with Crippen LogP contribution in [-0.2, 0) is 20.9 Å². The molecule has 7 heteroatoms. The van der Waals surface area contributed by atoms with Crippen molar-refractivity contribution >= 4 is 18.2 Å². The summed E-state index contributed by atoms with van der Waals surface area (Å²) < 4.78 is 0. The smallest absolute Gasteiger partial charge is 0.311 e. The Kier molecular flexibility index (Phi) is 7.22. The number of hydrogen-bond donors (Lipinski definition) is 2. The Bertz CT molecular complexity index is 542. The fourth-order valence-corrected chi connectivity index (χ4v) is 2.62. The first kappa shape index (κ1) is 17.9. The zero-order valence-electron chi connectivity index (χ0n) is 13.7. The van der Waals surface area contributed by atoms with E-state index in [2.05, 4.69) is 27.7 Å². The summed E-state index contributed by atoms with van der Waals surface area (Å²) in [5.74, 6) is -1.05. The van der Waals surface area contributed by atoms with E-state index in [-0.39, 0.29) is 0 Å². The van der Waals surface area contributed by atoms with Crippen molar-refractivity contribution in [1.29, 1.82) is 0 Å². The topological polar surface area (TPSA) is 81.8 Å². The second-order valence-corrected chi connectivity index (χ2v) is 5.74. The molecule has 0 aromatic heterocycles. The van der Waals surface area contributed by atoms with Crippen molar-refractivity contribution in [3.05, 3.63) is 35.9 Å². The predicted molar refractivity (Wildman–Crippen MR) is 90.0 cm³/mol. The summed E-state index contributed by atoms with van der Waals surface area (Å²) >= 11 is 0. The molecule has 0 bridgehead atoms. The van der Waals surface area contributed by atoms with E-state index in [0.717, 1.165) is 19.6 Å². The largest absolute Gasteiger partial charge is 0.359 e. The zero-order valence-corrected chi connectivity index (χ0v) is 13.7. The van der Waals surface area contributed by atoms with Crippen molar-refractivity contribution < 1.29 is 14.4 Å². The second-order valence-electron chi connectivity index (χ2n) is 5.74. The fraction of sp³-hybridized carbons (Fsp3) is 0.471. The van der Waals surface area contributed by atoms with Gasteiger partial charge >= 0.3 is 11.8 Å². The third-order valence-electron chi connectivity index (χ3n) is 3.97. The van der Waals surface area contributed by atoms with Crippen molar-refractivity contribution in [2.75, 3.05) is 39.3 Å². The van der Waals surface area contributed by atoms with Gasteiger partial charge in [0.25, 0.3) is 0 Å². The Hall–Kier alpha value is -2.41. The van der Waals surface area contributed by atoms with Gasteiger partial charge in [-0.1, -0.05) is 30.3 Å². The molecule has 24 heavy (non-hydrogen) atoms. The van der Waals surface area contributed by atoms with E-state index < -0.39 is 11.8 Å². The first-order valence-corrected chi connectivity index (χ1v) is 8.21. The molecule has 1 heterocycles. The summed E-state index contributed by atoms with van der Waals surface area (Å²) in [6.45, 7) is 4.36. The summed E-state index contributed by atoms with van der Waals surface area (Å²) in [5.41, 5.74) is 1.25. The maximum absolute atomic E-state index is 12.1.